The van der Waals surface area contributed by atoms with Crippen LogP contribution in [0.3, 0.4) is 0 Å². The number of benzene rings is 1. The zero-order valence-electron chi connectivity index (χ0n) is 8.04. The lowest BCUT2D eigenvalue weighted by molar-refractivity contribution is -0.124. The second kappa shape index (κ2) is 5.14. The van der Waals surface area contributed by atoms with Crippen molar-refractivity contribution < 1.29 is 9.59 Å². The highest BCUT2D eigenvalue weighted by atomic mass is 35.5. The smallest absolute Gasteiger partial charge is 0.261 e. The third-order valence-electron chi connectivity index (χ3n) is 1.90. The van der Waals surface area contributed by atoms with E-state index in [2.05, 4.69) is 0 Å². The first kappa shape index (κ1) is 12.0. The van der Waals surface area contributed by atoms with Crippen LogP contribution in [0.4, 0.5) is 0 Å². The maximum Gasteiger partial charge on any atom is 0.261 e. The molecular formula is C10H9Cl2NO2. The van der Waals surface area contributed by atoms with Crippen molar-refractivity contribution >= 4 is 35.0 Å². The molecule has 3 nitrogen and oxygen atoms in total. The van der Waals surface area contributed by atoms with Crippen molar-refractivity contribution in [3.8, 4) is 0 Å². The van der Waals surface area contributed by atoms with Gasteiger partial charge in [0.25, 0.3) is 5.91 Å². The van der Waals surface area contributed by atoms with Crippen LogP contribution >= 0.6 is 23.2 Å². The molecule has 0 saturated heterocycles. The van der Waals surface area contributed by atoms with Gasteiger partial charge in [-0.25, -0.2) is 0 Å². The maximum atomic E-state index is 11.7. The molecule has 0 aliphatic carbocycles. The molecule has 80 valence electrons. The number of carbonyl (C=O) groups is 2. The first-order valence-corrected chi connectivity index (χ1v) is 5.10. The lowest BCUT2D eigenvalue weighted by Crippen LogP contribution is -2.34. The van der Waals surface area contributed by atoms with Crippen LogP contribution in [-0.4, -0.2) is 29.6 Å². The van der Waals surface area contributed by atoms with Crippen molar-refractivity contribution in [1.82, 2.24) is 4.90 Å². The van der Waals surface area contributed by atoms with E-state index in [1.54, 1.807) is 24.3 Å². The van der Waals surface area contributed by atoms with Gasteiger partial charge in [-0.15, -0.1) is 11.6 Å². The largest absolute Gasteiger partial charge is 0.281 e. The van der Waals surface area contributed by atoms with Crippen molar-refractivity contribution in [2.45, 2.75) is 0 Å². The van der Waals surface area contributed by atoms with Gasteiger partial charge in [0.05, 0.1) is 10.6 Å². The van der Waals surface area contributed by atoms with Crippen LogP contribution in [0.2, 0.25) is 5.02 Å². The Hall–Kier alpha value is -1.06. The molecule has 1 aromatic rings. The number of hydrogen-bond donors (Lipinski definition) is 0. The molecule has 2 amide bonds. The normalized spacial score (nSPS) is 9.80. The highest BCUT2D eigenvalue weighted by Gasteiger charge is 2.19. The molecule has 5 heteroatoms. The fourth-order valence-corrected chi connectivity index (χ4v) is 1.41. The lowest BCUT2D eigenvalue weighted by Gasteiger charge is -2.14. The molecule has 0 bridgehead atoms. The summed E-state index contributed by atoms with van der Waals surface area (Å²) in [6.07, 6.45) is 0. The molecule has 1 aromatic carbocycles. The van der Waals surface area contributed by atoms with E-state index in [-0.39, 0.29) is 5.88 Å². The number of halogens is 2. The highest BCUT2D eigenvalue weighted by molar-refractivity contribution is 6.34. The number of hydrogen-bond acceptors (Lipinski definition) is 2. The van der Waals surface area contributed by atoms with Crippen LogP contribution in [0.25, 0.3) is 0 Å². The first-order chi connectivity index (χ1) is 7.07. The molecule has 0 fully saturated rings. The Morgan fingerprint density at radius 1 is 1.33 bits per heavy atom. The van der Waals surface area contributed by atoms with E-state index in [9.17, 15) is 9.59 Å². The second-order valence-corrected chi connectivity index (χ2v) is 3.55. The van der Waals surface area contributed by atoms with Crippen LogP contribution in [0.1, 0.15) is 10.4 Å². The third-order valence-corrected chi connectivity index (χ3v) is 2.46. The number of amides is 2. The summed E-state index contributed by atoms with van der Waals surface area (Å²) >= 11 is 11.2. The number of imide groups is 1. The van der Waals surface area contributed by atoms with Crippen LogP contribution < -0.4 is 0 Å². The average Bonchev–Trinajstić information content (AvgIpc) is 2.26. The summed E-state index contributed by atoms with van der Waals surface area (Å²) in [7, 11) is 1.37. The summed E-state index contributed by atoms with van der Waals surface area (Å²) < 4.78 is 0. The van der Waals surface area contributed by atoms with Gasteiger partial charge >= 0.3 is 0 Å². The van der Waals surface area contributed by atoms with Gasteiger partial charge in [0.2, 0.25) is 5.91 Å². The minimum Gasteiger partial charge on any atom is -0.281 e. The van der Waals surface area contributed by atoms with Gasteiger partial charge < -0.3 is 0 Å². The average molecular weight is 246 g/mol. The minimum absolute atomic E-state index is 0.229. The second-order valence-electron chi connectivity index (χ2n) is 2.87. The van der Waals surface area contributed by atoms with Gasteiger partial charge in [0.1, 0.15) is 5.88 Å². The van der Waals surface area contributed by atoms with Gasteiger partial charge in [-0.3, -0.25) is 14.5 Å². The van der Waals surface area contributed by atoms with Gasteiger partial charge in [0.15, 0.2) is 0 Å². The molecule has 1 rings (SSSR count). The Morgan fingerprint density at radius 3 is 2.47 bits per heavy atom. The van der Waals surface area contributed by atoms with Gasteiger partial charge in [0, 0.05) is 7.05 Å². The predicted octanol–water partition coefficient (Wildman–Crippen LogP) is 2.18. The molecule has 0 aliphatic rings. The fraction of sp³-hybridized carbons (Fsp3) is 0.200. The zero-order valence-corrected chi connectivity index (χ0v) is 9.55. The van der Waals surface area contributed by atoms with Crippen LogP contribution in [0, 0.1) is 0 Å². The summed E-state index contributed by atoms with van der Waals surface area (Å²) in [6.45, 7) is 0. The van der Waals surface area contributed by atoms with Crippen LogP contribution in [0.15, 0.2) is 24.3 Å². The van der Waals surface area contributed by atoms with E-state index in [4.69, 9.17) is 23.2 Å². The van der Waals surface area contributed by atoms with Crippen molar-refractivity contribution in [3.05, 3.63) is 34.9 Å². The molecular weight excluding hydrogens is 237 g/mol. The molecule has 0 N–H and O–H groups in total. The monoisotopic (exact) mass is 245 g/mol. The van der Waals surface area contributed by atoms with E-state index in [0.29, 0.717) is 10.6 Å². The van der Waals surface area contributed by atoms with Gasteiger partial charge in [-0.1, -0.05) is 23.7 Å². The standard InChI is InChI=1S/C10H9Cl2NO2/c1-13(9(14)6-11)10(15)7-4-2-3-5-8(7)12/h2-5H,6H2,1H3. The topological polar surface area (TPSA) is 37.4 Å². The molecule has 15 heavy (non-hydrogen) atoms. The Kier molecular flexibility index (Phi) is 4.12. The summed E-state index contributed by atoms with van der Waals surface area (Å²) in [4.78, 5) is 23.8. The SMILES string of the molecule is CN(C(=O)CCl)C(=O)c1ccccc1Cl. The van der Waals surface area contributed by atoms with E-state index < -0.39 is 11.8 Å². The lowest BCUT2D eigenvalue weighted by atomic mass is 10.2. The van der Waals surface area contributed by atoms with Crippen LogP contribution in [-0.2, 0) is 4.79 Å². The van der Waals surface area contributed by atoms with Crippen molar-refractivity contribution in [2.75, 3.05) is 12.9 Å². The molecule has 0 aromatic heterocycles. The van der Waals surface area contributed by atoms with E-state index >= 15 is 0 Å². The summed E-state index contributed by atoms with van der Waals surface area (Å²) in [5.74, 6) is -1.14. The number of nitrogens with zero attached hydrogens (tertiary/aromatic N) is 1. The number of alkyl halides is 1. The summed E-state index contributed by atoms with van der Waals surface area (Å²) in [6, 6.07) is 6.54. The van der Waals surface area contributed by atoms with Crippen molar-refractivity contribution in [2.24, 2.45) is 0 Å². The highest BCUT2D eigenvalue weighted by Crippen LogP contribution is 2.16. The molecule has 0 aliphatic heterocycles. The van der Waals surface area contributed by atoms with Crippen LogP contribution in [0.5, 0.6) is 0 Å². The zero-order chi connectivity index (χ0) is 11.4. The minimum atomic E-state index is -0.457. The molecule has 0 radical (unpaired) electrons. The fourth-order valence-electron chi connectivity index (χ4n) is 1.02. The molecule has 0 saturated carbocycles. The molecule has 0 unspecified atom stereocenters. The van der Waals surface area contributed by atoms with E-state index in [1.807, 2.05) is 0 Å². The summed E-state index contributed by atoms with van der Waals surface area (Å²) in [5.41, 5.74) is 0.292. The Balaban J connectivity index is 2.95. The van der Waals surface area contributed by atoms with E-state index in [0.717, 1.165) is 4.90 Å². The molecule has 0 atom stereocenters. The van der Waals surface area contributed by atoms with Crippen molar-refractivity contribution in [3.63, 3.8) is 0 Å². The van der Waals surface area contributed by atoms with Gasteiger partial charge in [-0.2, -0.15) is 0 Å². The Labute approximate surface area is 97.6 Å². The number of carbonyl (C=O) groups excluding carboxylic acids is 2. The number of rotatable bonds is 2. The molecule has 0 heterocycles. The van der Waals surface area contributed by atoms with Gasteiger partial charge in [-0.05, 0) is 12.1 Å². The Morgan fingerprint density at radius 2 is 1.93 bits per heavy atom. The summed E-state index contributed by atoms with van der Waals surface area (Å²) in [5, 5.41) is 0.316. The predicted molar refractivity (Wildman–Crippen MR) is 59.3 cm³/mol. The third kappa shape index (κ3) is 2.70. The van der Waals surface area contributed by atoms with E-state index in [1.165, 1.54) is 7.05 Å². The maximum absolute atomic E-state index is 11.7. The van der Waals surface area contributed by atoms with Crippen molar-refractivity contribution in [1.29, 1.82) is 0 Å². The Bertz CT molecular complexity index is 393. The first-order valence-electron chi connectivity index (χ1n) is 4.19. The molecule has 0 spiro atoms. The quantitative estimate of drug-likeness (QED) is 0.750.